The Morgan fingerprint density at radius 1 is 1.07 bits per heavy atom. The van der Waals surface area contributed by atoms with Crippen LogP contribution in [-0.2, 0) is 11.8 Å². The first-order valence-corrected chi connectivity index (χ1v) is 13.6. The summed E-state index contributed by atoms with van der Waals surface area (Å²) in [6, 6.07) is 12.5. The first-order chi connectivity index (χ1) is 20.4. The number of hydrogen-bond acceptors (Lipinski definition) is 6. The van der Waals surface area contributed by atoms with Crippen molar-refractivity contribution in [3.05, 3.63) is 84.3 Å². The highest BCUT2D eigenvalue weighted by molar-refractivity contribution is 5.93. The van der Waals surface area contributed by atoms with Gasteiger partial charge in [-0.15, -0.1) is 5.92 Å². The highest BCUT2D eigenvalue weighted by Gasteiger charge is 2.27. The number of anilines is 2. The van der Waals surface area contributed by atoms with Crippen LogP contribution < -0.4 is 10.2 Å². The summed E-state index contributed by atoms with van der Waals surface area (Å²) in [4.78, 5) is 20.0. The fourth-order valence-electron chi connectivity index (χ4n) is 5.41. The number of hydrogen-bond donors (Lipinski definition) is 1. The van der Waals surface area contributed by atoms with Crippen molar-refractivity contribution in [1.29, 1.82) is 5.26 Å². The minimum atomic E-state index is -0.443. The van der Waals surface area contributed by atoms with Gasteiger partial charge >= 0.3 is 0 Å². The molecular weight excluding hydrogens is 531 g/mol. The van der Waals surface area contributed by atoms with Crippen LogP contribution in [0.2, 0.25) is 0 Å². The van der Waals surface area contributed by atoms with Gasteiger partial charge in [0.2, 0.25) is 5.91 Å². The second-order valence-electron chi connectivity index (χ2n) is 10.3. The van der Waals surface area contributed by atoms with E-state index in [1.807, 2.05) is 37.6 Å². The normalized spacial score (nSPS) is 14.7. The van der Waals surface area contributed by atoms with Crippen LogP contribution >= 0.6 is 0 Å². The molecule has 1 N–H and O–H groups in total. The van der Waals surface area contributed by atoms with E-state index in [9.17, 15) is 14.4 Å². The van der Waals surface area contributed by atoms with Crippen LogP contribution in [-0.4, -0.2) is 43.4 Å². The number of pyridine rings is 2. The molecule has 5 heterocycles. The summed E-state index contributed by atoms with van der Waals surface area (Å²) in [5.41, 5.74) is 5.63. The summed E-state index contributed by atoms with van der Waals surface area (Å²) in [6.45, 7) is 2.95. The number of nitrogens with zero attached hydrogens (tertiary/aromatic N) is 7. The maximum atomic E-state index is 14.0. The molecule has 1 unspecified atom stereocenters. The van der Waals surface area contributed by atoms with E-state index < -0.39 is 5.82 Å². The first kappa shape index (κ1) is 26.7. The second kappa shape index (κ2) is 11.2. The van der Waals surface area contributed by atoms with Crippen molar-refractivity contribution in [2.45, 2.75) is 19.8 Å². The fourth-order valence-corrected chi connectivity index (χ4v) is 5.41. The molecule has 1 saturated heterocycles. The van der Waals surface area contributed by atoms with Crippen molar-refractivity contribution in [1.82, 2.24) is 24.4 Å². The molecule has 0 aliphatic carbocycles. The van der Waals surface area contributed by atoms with E-state index in [1.165, 1.54) is 12.1 Å². The van der Waals surface area contributed by atoms with E-state index in [2.05, 4.69) is 38.3 Å². The van der Waals surface area contributed by atoms with Gasteiger partial charge in [0.1, 0.15) is 17.7 Å². The number of nitriles is 1. The molecular formula is C32H27FN8O. The molecule has 0 radical (unpaired) electrons. The molecule has 42 heavy (non-hydrogen) atoms. The Kier molecular flexibility index (Phi) is 7.12. The summed E-state index contributed by atoms with van der Waals surface area (Å²) in [5.74, 6) is 5.47. The lowest BCUT2D eigenvalue weighted by Crippen LogP contribution is -2.41. The highest BCUT2D eigenvalue weighted by atomic mass is 19.1. The van der Waals surface area contributed by atoms with Crippen LogP contribution in [0.5, 0.6) is 0 Å². The number of aryl methyl sites for hydroxylation is 1. The summed E-state index contributed by atoms with van der Waals surface area (Å²) in [6.07, 6.45) is 10.5. The van der Waals surface area contributed by atoms with E-state index >= 15 is 0 Å². The predicted molar refractivity (Wildman–Crippen MR) is 158 cm³/mol. The van der Waals surface area contributed by atoms with Crippen molar-refractivity contribution >= 4 is 22.9 Å². The third kappa shape index (κ3) is 5.30. The number of nitrogens with one attached hydrogen (secondary N) is 1. The molecule has 1 atom stereocenters. The van der Waals surface area contributed by atoms with Gasteiger partial charge in [-0.05, 0) is 56.2 Å². The molecule has 0 saturated carbocycles. The topological polar surface area (TPSA) is 104 Å². The molecule has 1 aromatic carbocycles. The quantitative estimate of drug-likeness (QED) is 0.303. The average Bonchev–Trinajstić information content (AvgIpc) is 3.62. The van der Waals surface area contributed by atoms with Crippen molar-refractivity contribution in [2.24, 2.45) is 13.0 Å². The van der Waals surface area contributed by atoms with Crippen molar-refractivity contribution in [2.75, 3.05) is 23.3 Å². The molecule has 1 amide bonds. The van der Waals surface area contributed by atoms with Gasteiger partial charge in [0.25, 0.3) is 0 Å². The number of piperidine rings is 1. The van der Waals surface area contributed by atoms with Gasteiger partial charge in [-0.25, -0.2) is 13.9 Å². The Labute approximate surface area is 242 Å². The Hall–Kier alpha value is -5.48. The van der Waals surface area contributed by atoms with Gasteiger partial charge in [-0.1, -0.05) is 5.92 Å². The monoisotopic (exact) mass is 558 g/mol. The van der Waals surface area contributed by atoms with Gasteiger partial charge in [-0.2, -0.15) is 15.5 Å². The van der Waals surface area contributed by atoms with Crippen LogP contribution in [0.3, 0.4) is 0 Å². The molecule has 0 spiro atoms. The number of halogens is 1. The lowest BCUT2D eigenvalue weighted by Gasteiger charge is -2.33. The van der Waals surface area contributed by atoms with E-state index in [0.717, 1.165) is 47.5 Å². The van der Waals surface area contributed by atoms with E-state index in [4.69, 9.17) is 4.98 Å². The van der Waals surface area contributed by atoms with E-state index in [1.54, 1.807) is 40.8 Å². The number of benzene rings is 1. The molecule has 1 aliphatic rings. The highest BCUT2D eigenvalue weighted by Crippen LogP contribution is 2.33. The van der Waals surface area contributed by atoms with Crippen LogP contribution in [0.25, 0.3) is 27.8 Å². The largest absolute Gasteiger partial charge is 0.356 e. The number of aromatic nitrogens is 5. The molecule has 208 valence electrons. The molecule has 5 aromatic rings. The zero-order chi connectivity index (χ0) is 29.2. The Bertz CT molecular complexity index is 1910. The smallest absolute Gasteiger partial charge is 0.229 e. The SMILES string of the molecule is CC#Cc1cc(F)cc(NC(=O)C2CCCN(c3ccc(-c4cc(-c5cnn(C)c5)cn5ncc(C#N)c45)cn3)C2)c1. The van der Waals surface area contributed by atoms with Gasteiger partial charge in [0.05, 0.1) is 29.4 Å². The average molecular weight is 559 g/mol. The summed E-state index contributed by atoms with van der Waals surface area (Å²) >= 11 is 0. The predicted octanol–water partition coefficient (Wildman–Crippen LogP) is 5.03. The second-order valence-corrected chi connectivity index (χ2v) is 10.3. The number of fused-ring (bicyclic) bond motifs is 1. The minimum Gasteiger partial charge on any atom is -0.356 e. The van der Waals surface area contributed by atoms with Crippen LogP contribution in [0.15, 0.2) is 67.4 Å². The Balaban J connectivity index is 1.24. The number of carbonyl (C=O) groups is 1. The first-order valence-electron chi connectivity index (χ1n) is 13.6. The minimum absolute atomic E-state index is 0.156. The molecule has 4 aromatic heterocycles. The Morgan fingerprint density at radius 2 is 1.95 bits per heavy atom. The lowest BCUT2D eigenvalue weighted by atomic mass is 9.96. The van der Waals surface area contributed by atoms with Crippen LogP contribution in [0, 0.1) is 34.9 Å². The van der Waals surface area contributed by atoms with Crippen LogP contribution in [0.1, 0.15) is 30.9 Å². The molecule has 0 bridgehead atoms. The zero-order valence-corrected chi connectivity index (χ0v) is 23.2. The summed E-state index contributed by atoms with van der Waals surface area (Å²) in [7, 11) is 1.86. The van der Waals surface area contributed by atoms with Gasteiger partial charge in [0.15, 0.2) is 0 Å². The fraction of sp³-hybridized carbons (Fsp3) is 0.219. The van der Waals surface area contributed by atoms with Crippen molar-refractivity contribution in [3.63, 3.8) is 0 Å². The molecule has 9 nitrogen and oxygen atoms in total. The number of rotatable bonds is 5. The molecule has 6 rings (SSSR count). The van der Waals surface area contributed by atoms with Gasteiger partial charge in [-0.3, -0.25) is 9.48 Å². The maximum absolute atomic E-state index is 14.0. The van der Waals surface area contributed by atoms with Gasteiger partial charge in [0, 0.05) is 72.2 Å². The summed E-state index contributed by atoms with van der Waals surface area (Å²) in [5, 5.41) is 21.3. The van der Waals surface area contributed by atoms with Gasteiger partial charge < -0.3 is 10.2 Å². The molecule has 1 aliphatic heterocycles. The van der Waals surface area contributed by atoms with E-state index in [-0.39, 0.29) is 11.8 Å². The Morgan fingerprint density at radius 3 is 2.69 bits per heavy atom. The molecule has 1 fully saturated rings. The van der Waals surface area contributed by atoms with Crippen LogP contribution in [0.4, 0.5) is 15.9 Å². The third-order valence-corrected chi connectivity index (χ3v) is 7.38. The summed E-state index contributed by atoms with van der Waals surface area (Å²) < 4.78 is 17.5. The zero-order valence-electron chi connectivity index (χ0n) is 23.2. The molecule has 10 heteroatoms. The van der Waals surface area contributed by atoms with Crippen molar-refractivity contribution in [3.8, 4) is 40.2 Å². The third-order valence-electron chi connectivity index (χ3n) is 7.38. The number of amides is 1. The number of carbonyl (C=O) groups excluding carboxylic acids is 1. The van der Waals surface area contributed by atoms with E-state index in [0.29, 0.717) is 28.9 Å². The lowest BCUT2D eigenvalue weighted by molar-refractivity contribution is -0.120. The standard InChI is InChI=1S/C32H27FN8O/c1-3-5-21-10-27(33)13-28(11-21)38-32(42)23-6-4-9-40(19-23)30-8-7-22(15-35-30)29-12-24(26-17-36-39(2)18-26)20-41-31(29)25(14-34)16-37-41/h7-8,10-13,15-18,20,23H,4,6,9,19H2,1-2H3,(H,38,42). The van der Waals surface area contributed by atoms with Crippen molar-refractivity contribution < 1.29 is 9.18 Å². The maximum Gasteiger partial charge on any atom is 0.229 e.